The Hall–Kier alpha value is -5.10. The van der Waals surface area contributed by atoms with Gasteiger partial charge in [0.15, 0.2) is 5.82 Å². The third kappa shape index (κ3) is 5.64. The molecule has 52 heavy (non-hydrogen) atoms. The molecular formula is C40H46F2N8O2. The van der Waals surface area contributed by atoms with Crippen LogP contribution in [0.25, 0.3) is 38.6 Å². The van der Waals surface area contributed by atoms with Gasteiger partial charge >= 0.3 is 0 Å². The molecule has 272 valence electrons. The Kier molecular flexibility index (Phi) is 9.14. The lowest BCUT2D eigenvalue weighted by atomic mass is 9.92. The number of nitrogens with zero attached hydrogens (tertiary/aromatic N) is 7. The number of rotatable bonds is 8. The Morgan fingerprint density at radius 2 is 1.83 bits per heavy atom. The topological polar surface area (TPSA) is 93.6 Å². The van der Waals surface area contributed by atoms with Crippen molar-refractivity contribution in [1.29, 1.82) is 0 Å². The van der Waals surface area contributed by atoms with Crippen LogP contribution in [-0.2, 0) is 4.79 Å². The van der Waals surface area contributed by atoms with Crippen LogP contribution >= 0.6 is 0 Å². The molecule has 12 heteroatoms. The van der Waals surface area contributed by atoms with Crippen LogP contribution < -0.4 is 15.4 Å². The molecule has 0 saturated carbocycles. The first-order chi connectivity index (χ1) is 24.8. The summed E-state index contributed by atoms with van der Waals surface area (Å²) in [7, 11) is 4.00. The fourth-order valence-corrected chi connectivity index (χ4v) is 8.22. The minimum Gasteiger partial charge on any atom is -0.363 e. The summed E-state index contributed by atoms with van der Waals surface area (Å²) in [4.78, 5) is 41.2. The SMILES string of the molecule is C=CC(=O)N1CC2CN(CCCN(C)C)c3c(c4cc(F)c(-c5c(C)ccc6[nH]ncc56)c(F)c4n(-c4c(C)ccnc4C(C)C)c3=O)N2CC1C. The number of anilines is 2. The number of aryl methyl sites for hydroxylation is 2. The fraction of sp³-hybridized carbons (Fsp3) is 0.400. The molecule has 1 fully saturated rings. The summed E-state index contributed by atoms with van der Waals surface area (Å²) in [6, 6.07) is 6.39. The Balaban J connectivity index is 1.62. The molecular weight excluding hydrogens is 662 g/mol. The second kappa shape index (κ2) is 13.5. The molecule has 5 aromatic rings. The van der Waals surface area contributed by atoms with Crippen molar-refractivity contribution in [3.8, 4) is 16.8 Å². The first kappa shape index (κ1) is 35.3. The van der Waals surface area contributed by atoms with Crippen molar-refractivity contribution >= 4 is 39.1 Å². The maximum absolute atomic E-state index is 17.9. The van der Waals surface area contributed by atoms with Gasteiger partial charge in [-0.25, -0.2) is 8.78 Å². The fourth-order valence-electron chi connectivity index (χ4n) is 8.22. The minimum absolute atomic E-state index is 0.0100. The van der Waals surface area contributed by atoms with Crippen LogP contribution in [0.4, 0.5) is 20.2 Å². The lowest BCUT2D eigenvalue weighted by Crippen LogP contribution is -2.64. The van der Waals surface area contributed by atoms with Crippen LogP contribution in [-0.4, -0.2) is 94.4 Å². The van der Waals surface area contributed by atoms with Crippen LogP contribution in [0.5, 0.6) is 0 Å². The number of fused-ring (bicyclic) bond motifs is 6. The predicted octanol–water partition coefficient (Wildman–Crippen LogP) is 6.31. The summed E-state index contributed by atoms with van der Waals surface area (Å²) >= 11 is 0. The van der Waals surface area contributed by atoms with Crippen molar-refractivity contribution < 1.29 is 13.6 Å². The van der Waals surface area contributed by atoms with E-state index in [0.717, 1.165) is 18.5 Å². The number of H-pyrrole nitrogens is 1. The third-order valence-corrected chi connectivity index (χ3v) is 10.7. The van der Waals surface area contributed by atoms with Gasteiger partial charge in [0.2, 0.25) is 5.91 Å². The summed E-state index contributed by atoms with van der Waals surface area (Å²) in [5.41, 5.74) is 3.84. The maximum Gasteiger partial charge on any atom is 0.281 e. The average molecular weight is 709 g/mol. The molecule has 0 bridgehead atoms. The van der Waals surface area contributed by atoms with Gasteiger partial charge in [-0.1, -0.05) is 26.5 Å². The predicted molar refractivity (Wildman–Crippen MR) is 204 cm³/mol. The molecule has 2 aliphatic rings. The van der Waals surface area contributed by atoms with Crippen LogP contribution in [0.2, 0.25) is 0 Å². The maximum atomic E-state index is 17.9. The second-order valence-electron chi connectivity index (χ2n) is 14.8. The van der Waals surface area contributed by atoms with Gasteiger partial charge in [-0.05, 0) is 89.2 Å². The van der Waals surface area contributed by atoms with Gasteiger partial charge < -0.3 is 19.6 Å². The highest BCUT2D eigenvalue weighted by molar-refractivity contribution is 6.05. The highest BCUT2D eigenvalue weighted by atomic mass is 19.1. The summed E-state index contributed by atoms with van der Waals surface area (Å²) < 4.78 is 36.4. The van der Waals surface area contributed by atoms with E-state index in [1.54, 1.807) is 17.3 Å². The number of piperazine rings is 1. The lowest BCUT2D eigenvalue weighted by Gasteiger charge is -2.52. The second-order valence-corrected chi connectivity index (χ2v) is 14.8. The number of carbonyl (C=O) groups excluding carboxylic acids is 1. The quantitative estimate of drug-likeness (QED) is 0.189. The van der Waals surface area contributed by atoms with Crippen molar-refractivity contribution in [3.63, 3.8) is 0 Å². The number of nitrogens with one attached hydrogen (secondary N) is 1. The van der Waals surface area contributed by atoms with Gasteiger partial charge in [-0.15, -0.1) is 0 Å². The van der Waals surface area contributed by atoms with Crippen molar-refractivity contribution in [3.05, 3.63) is 88.1 Å². The number of hydrogen-bond donors (Lipinski definition) is 1. The minimum atomic E-state index is -0.834. The van der Waals surface area contributed by atoms with Gasteiger partial charge in [0.25, 0.3) is 5.56 Å². The van der Waals surface area contributed by atoms with E-state index >= 15 is 13.6 Å². The lowest BCUT2D eigenvalue weighted by molar-refractivity contribution is -0.128. The summed E-state index contributed by atoms with van der Waals surface area (Å²) in [5.74, 6) is -1.85. The van der Waals surface area contributed by atoms with E-state index in [0.29, 0.717) is 76.4 Å². The molecule has 3 aromatic heterocycles. The molecule has 7 rings (SSSR count). The number of aromatic amines is 1. The van der Waals surface area contributed by atoms with Gasteiger partial charge in [0.05, 0.1) is 45.9 Å². The third-order valence-electron chi connectivity index (χ3n) is 10.7. The van der Waals surface area contributed by atoms with Crippen molar-refractivity contribution in [1.82, 2.24) is 29.5 Å². The molecule has 0 radical (unpaired) electrons. The summed E-state index contributed by atoms with van der Waals surface area (Å²) in [6.07, 6.45) is 5.35. The number of halogens is 2. The average Bonchev–Trinajstić information content (AvgIpc) is 3.58. The Morgan fingerprint density at radius 3 is 2.54 bits per heavy atom. The zero-order chi connectivity index (χ0) is 37.2. The first-order valence-electron chi connectivity index (χ1n) is 17.9. The molecule has 1 N–H and O–H groups in total. The number of carbonyl (C=O) groups is 1. The van der Waals surface area contributed by atoms with Gasteiger partial charge in [0, 0.05) is 54.8 Å². The van der Waals surface area contributed by atoms with E-state index in [4.69, 9.17) is 4.98 Å². The standard InChI is InChI=1S/C40H46F2N8O2/c1-9-31(51)48-21-26-20-47(16-10-15-46(7)8)39-38(49(26)19-25(48)6)27-17-29(41)33(32-23(4)11-12-30-28(32)18-44-45-30)34(42)37(27)50(40(39)52)36-24(5)13-14-43-35(36)22(2)3/h9,11-14,17-18,22,25-26H,1,10,15-16,19-21H2,2-8H3,(H,44,45). The highest BCUT2D eigenvalue weighted by Gasteiger charge is 2.42. The summed E-state index contributed by atoms with van der Waals surface area (Å²) in [6.45, 7) is 15.9. The van der Waals surface area contributed by atoms with E-state index < -0.39 is 17.2 Å². The Morgan fingerprint density at radius 1 is 1.06 bits per heavy atom. The number of pyridine rings is 2. The largest absolute Gasteiger partial charge is 0.363 e. The molecule has 1 amide bonds. The Bertz CT molecular complexity index is 2290. The molecule has 2 unspecified atom stereocenters. The number of amides is 1. The van der Waals surface area contributed by atoms with Crippen LogP contribution in [0.3, 0.4) is 0 Å². The molecule has 2 atom stereocenters. The van der Waals surface area contributed by atoms with Crippen LogP contribution in [0.15, 0.2) is 54.1 Å². The van der Waals surface area contributed by atoms with Gasteiger partial charge in [0.1, 0.15) is 11.5 Å². The van der Waals surface area contributed by atoms with E-state index in [-0.39, 0.29) is 35.0 Å². The number of benzene rings is 2. The van der Waals surface area contributed by atoms with E-state index in [9.17, 15) is 4.79 Å². The molecule has 1 saturated heterocycles. The number of hydrogen-bond acceptors (Lipinski definition) is 7. The molecule has 0 spiro atoms. The summed E-state index contributed by atoms with van der Waals surface area (Å²) in [5, 5.41) is 7.96. The van der Waals surface area contributed by atoms with E-state index in [1.807, 2.05) is 66.9 Å². The molecule has 2 aromatic carbocycles. The number of aromatic nitrogens is 4. The zero-order valence-electron chi connectivity index (χ0n) is 30.9. The molecule has 0 aliphatic carbocycles. The van der Waals surface area contributed by atoms with E-state index in [1.165, 1.54) is 16.7 Å². The van der Waals surface area contributed by atoms with Crippen molar-refractivity contribution in [2.24, 2.45) is 0 Å². The first-order valence-corrected chi connectivity index (χ1v) is 17.9. The van der Waals surface area contributed by atoms with Crippen molar-refractivity contribution in [2.75, 3.05) is 56.6 Å². The van der Waals surface area contributed by atoms with Crippen molar-refractivity contribution in [2.45, 2.75) is 59.0 Å². The molecule has 2 aliphatic heterocycles. The van der Waals surface area contributed by atoms with Gasteiger partial charge in [-0.3, -0.25) is 24.2 Å². The van der Waals surface area contributed by atoms with E-state index in [2.05, 4.69) is 31.5 Å². The molecule has 10 nitrogen and oxygen atoms in total. The normalized spacial score (nSPS) is 17.4. The monoisotopic (exact) mass is 708 g/mol. The zero-order valence-corrected chi connectivity index (χ0v) is 30.9. The van der Waals surface area contributed by atoms with Gasteiger partial charge in [-0.2, -0.15) is 5.10 Å². The van der Waals surface area contributed by atoms with Crippen LogP contribution in [0, 0.1) is 25.5 Å². The van der Waals surface area contributed by atoms with Crippen LogP contribution in [0.1, 0.15) is 49.9 Å². The Labute approximate surface area is 302 Å². The molecule has 5 heterocycles. The smallest absolute Gasteiger partial charge is 0.281 e. The highest BCUT2D eigenvalue weighted by Crippen LogP contribution is 2.46.